The minimum absolute atomic E-state index is 0.00896. The van der Waals surface area contributed by atoms with Gasteiger partial charge >= 0.3 is 5.97 Å². The number of amides is 3. The molecule has 7 atom stereocenters. The number of hydrogen-bond donors (Lipinski definition) is 5. The van der Waals surface area contributed by atoms with Crippen molar-refractivity contribution in [1.29, 1.82) is 0 Å². The number of benzene rings is 1. The second kappa shape index (κ2) is 27.3. The molecule has 1 aliphatic carbocycles. The third-order valence-electron chi connectivity index (χ3n) is 11.5. The SMILES string of the molecule is CNC(C(=O)NC(Cc1ccccc1)C(=O)N1CCCC(C(=O)O[C@@H](C/C=C/C=C/CC(C)C(O)C(C=O)CCC(C)=O)/C(C)=C/C=C/C(=O)NC2CCCCC2)N1)C(C)C. The number of aldehydes is 1. The fraction of sp³-hybridized carbons (Fsp3) is 0.583. The van der Waals surface area contributed by atoms with Gasteiger partial charge in [-0.1, -0.05) is 107 Å². The van der Waals surface area contributed by atoms with Crippen LogP contribution in [0.1, 0.15) is 111 Å². The van der Waals surface area contributed by atoms with E-state index in [4.69, 9.17) is 4.74 Å². The van der Waals surface area contributed by atoms with Gasteiger partial charge in [-0.3, -0.25) is 24.2 Å². The topological polar surface area (TPSA) is 183 Å². The molecule has 0 radical (unpaired) electrons. The van der Waals surface area contributed by atoms with E-state index in [0.717, 1.165) is 37.5 Å². The number of carbonyl (C=O) groups is 6. The molecule has 61 heavy (non-hydrogen) atoms. The van der Waals surface area contributed by atoms with Gasteiger partial charge in [0.15, 0.2) is 0 Å². The zero-order valence-corrected chi connectivity index (χ0v) is 37.1. The van der Waals surface area contributed by atoms with Gasteiger partial charge in [-0.25, -0.2) is 5.43 Å². The van der Waals surface area contributed by atoms with Gasteiger partial charge < -0.3 is 35.4 Å². The fourth-order valence-electron chi connectivity index (χ4n) is 7.73. The number of ketones is 1. The minimum atomic E-state index is -0.880. The summed E-state index contributed by atoms with van der Waals surface area (Å²) >= 11 is 0. The molecule has 13 heteroatoms. The summed E-state index contributed by atoms with van der Waals surface area (Å²) in [6, 6.07) is 7.45. The second-order valence-corrected chi connectivity index (χ2v) is 17.0. The van der Waals surface area contributed by atoms with Crippen molar-refractivity contribution in [2.45, 2.75) is 148 Å². The van der Waals surface area contributed by atoms with Gasteiger partial charge in [-0.05, 0) is 82.4 Å². The number of ether oxygens (including phenoxy) is 1. The molecule has 1 aliphatic heterocycles. The van der Waals surface area contributed by atoms with Crippen LogP contribution in [0.15, 0.2) is 78.4 Å². The number of carbonyl (C=O) groups excluding carboxylic acids is 6. The first-order chi connectivity index (χ1) is 29.2. The Labute approximate surface area is 363 Å². The van der Waals surface area contributed by atoms with Crippen LogP contribution in [0.4, 0.5) is 0 Å². The van der Waals surface area contributed by atoms with E-state index >= 15 is 0 Å². The van der Waals surface area contributed by atoms with Crippen LogP contribution in [0, 0.1) is 17.8 Å². The van der Waals surface area contributed by atoms with Crippen LogP contribution in [0.5, 0.6) is 0 Å². The molecule has 1 saturated carbocycles. The van der Waals surface area contributed by atoms with Crippen molar-refractivity contribution in [2.75, 3.05) is 13.6 Å². The minimum Gasteiger partial charge on any atom is -0.456 e. The third-order valence-corrected chi connectivity index (χ3v) is 11.5. The molecular formula is C48H71N5O8. The Balaban J connectivity index is 1.73. The molecule has 0 bridgehead atoms. The molecule has 3 amide bonds. The molecule has 6 unspecified atom stereocenters. The van der Waals surface area contributed by atoms with Gasteiger partial charge in [0.2, 0.25) is 11.8 Å². The molecule has 0 aromatic heterocycles. The largest absolute Gasteiger partial charge is 0.456 e. The van der Waals surface area contributed by atoms with Crippen molar-refractivity contribution < 1.29 is 38.6 Å². The Morgan fingerprint density at radius 3 is 2.26 bits per heavy atom. The number of likely N-dealkylation sites (N-methyl/N-ethyl adjacent to an activating group) is 1. The van der Waals surface area contributed by atoms with E-state index in [9.17, 15) is 33.9 Å². The highest BCUT2D eigenvalue weighted by Gasteiger charge is 2.35. The van der Waals surface area contributed by atoms with Crippen LogP contribution in [0.2, 0.25) is 0 Å². The molecule has 3 rings (SSSR count). The Hall–Kier alpha value is -4.72. The van der Waals surface area contributed by atoms with E-state index in [0.29, 0.717) is 44.2 Å². The fourth-order valence-corrected chi connectivity index (χ4v) is 7.73. The van der Waals surface area contributed by atoms with Crippen LogP contribution in [0.3, 0.4) is 0 Å². The molecule has 5 N–H and O–H groups in total. The zero-order chi connectivity index (χ0) is 44.7. The monoisotopic (exact) mass is 846 g/mol. The van der Waals surface area contributed by atoms with E-state index in [-0.39, 0.29) is 54.2 Å². The van der Waals surface area contributed by atoms with Crippen molar-refractivity contribution in [3.8, 4) is 0 Å². The molecule has 13 nitrogen and oxygen atoms in total. The standard InChI is InChI=1S/C48H71N5O8/c1-33(2)44(49-6)46(58)51-41(31-37-21-12-9-13-22-37)47(59)53-30-18-25-40(52-53)48(60)61-42(34(3)20-17-27-43(56)50-39-23-14-10-15-24-39)26-16-8-7-11-19-35(4)45(57)38(32-54)29-28-36(5)55/h7-9,11-13,16-17,20-22,27,32-33,35,38-42,44-45,49,52,57H,10,14-15,18-19,23-26,28-31H2,1-6H3,(H,50,56)(H,51,58)/b11-7+,16-8+,27-17+,34-20+/t35?,38?,40?,41?,42-,44?,45?/m0/s1. The summed E-state index contributed by atoms with van der Waals surface area (Å²) in [5.41, 5.74) is 4.69. The lowest BCUT2D eigenvalue weighted by Gasteiger charge is -2.36. The molecular weight excluding hydrogens is 775 g/mol. The molecule has 2 fully saturated rings. The number of hydrazine groups is 1. The van der Waals surface area contributed by atoms with Gasteiger partial charge in [0.1, 0.15) is 30.3 Å². The summed E-state index contributed by atoms with van der Waals surface area (Å²) in [6.45, 7) is 9.36. The number of nitrogens with one attached hydrogen (secondary N) is 4. The van der Waals surface area contributed by atoms with Gasteiger partial charge in [-0.2, -0.15) is 0 Å². The van der Waals surface area contributed by atoms with E-state index in [1.807, 2.05) is 82.3 Å². The lowest BCUT2D eigenvalue weighted by atomic mass is 9.87. The van der Waals surface area contributed by atoms with Crippen molar-refractivity contribution in [2.24, 2.45) is 17.8 Å². The quantitative estimate of drug-likeness (QED) is 0.0392. The van der Waals surface area contributed by atoms with Crippen molar-refractivity contribution in [3.05, 3.63) is 84.0 Å². The van der Waals surface area contributed by atoms with E-state index in [1.54, 1.807) is 19.2 Å². The van der Waals surface area contributed by atoms with Crippen molar-refractivity contribution in [1.82, 2.24) is 26.4 Å². The molecule has 1 aromatic rings. The Kier molecular flexibility index (Phi) is 22.6. The number of nitrogens with zero attached hydrogens (tertiary/aromatic N) is 1. The summed E-state index contributed by atoms with van der Waals surface area (Å²) in [4.78, 5) is 76.9. The Morgan fingerprint density at radius 1 is 0.934 bits per heavy atom. The zero-order valence-electron chi connectivity index (χ0n) is 37.1. The van der Waals surface area contributed by atoms with Crippen molar-refractivity contribution in [3.63, 3.8) is 0 Å². The van der Waals surface area contributed by atoms with E-state index in [1.165, 1.54) is 24.4 Å². The third kappa shape index (κ3) is 18.0. The number of aliphatic hydroxyl groups is 1. The summed E-state index contributed by atoms with van der Waals surface area (Å²) < 4.78 is 6.12. The van der Waals surface area contributed by atoms with Crippen LogP contribution in [-0.2, 0) is 39.9 Å². The molecule has 336 valence electrons. The maximum Gasteiger partial charge on any atom is 0.325 e. The summed E-state index contributed by atoms with van der Waals surface area (Å²) in [5, 5.41) is 21.2. The van der Waals surface area contributed by atoms with Gasteiger partial charge in [0, 0.05) is 43.8 Å². The number of hydrogen-bond acceptors (Lipinski definition) is 10. The Bertz CT molecular complexity index is 1690. The summed E-state index contributed by atoms with van der Waals surface area (Å²) in [7, 11) is 1.71. The summed E-state index contributed by atoms with van der Waals surface area (Å²) in [5.74, 6) is -2.20. The average molecular weight is 846 g/mol. The van der Waals surface area contributed by atoms with Crippen LogP contribution >= 0.6 is 0 Å². The average Bonchev–Trinajstić information content (AvgIpc) is 3.24. The van der Waals surface area contributed by atoms with E-state index in [2.05, 4.69) is 21.4 Å². The van der Waals surface area contributed by atoms with Gasteiger partial charge in [0.25, 0.3) is 5.91 Å². The summed E-state index contributed by atoms with van der Waals surface area (Å²) in [6.07, 6.45) is 19.5. The number of Topliss-reactive ketones (excluding diaryl/α,β-unsaturated/α-hetero) is 1. The Morgan fingerprint density at radius 2 is 1.62 bits per heavy atom. The second-order valence-electron chi connectivity index (χ2n) is 17.0. The highest BCUT2D eigenvalue weighted by molar-refractivity contribution is 5.90. The first-order valence-electron chi connectivity index (χ1n) is 22.1. The molecule has 1 heterocycles. The molecule has 1 aromatic carbocycles. The van der Waals surface area contributed by atoms with Crippen molar-refractivity contribution >= 4 is 35.8 Å². The highest BCUT2D eigenvalue weighted by Crippen LogP contribution is 2.21. The highest BCUT2D eigenvalue weighted by atomic mass is 16.5. The lowest BCUT2D eigenvalue weighted by Crippen LogP contribution is -2.61. The molecule has 2 aliphatic rings. The maximum atomic E-state index is 14.1. The van der Waals surface area contributed by atoms with Gasteiger partial charge in [0.05, 0.1) is 12.1 Å². The van der Waals surface area contributed by atoms with Crippen LogP contribution < -0.4 is 21.4 Å². The van der Waals surface area contributed by atoms with Crippen LogP contribution in [-0.4, -0.2) is 95.8 Å². The van der Waals surface area contributed by atoms with Gasteiger partial charge in [-0.15, -0.1) is 0 Å². The molecule has 0 spiro atoms. The van der Waals surface area contributed by atoms with Crippen LogP contribution in [0.25, 0.3) is 0 Å². The lowest BCUT2D eigenvalue weighted by molar-refractivity contribution is -0.156. The predicted octanol–water partition coefficient (Wildman–Crippen LogP) is 5.39. The number of aliphatic hydroxyl groups excluding tert-OH is 1. The maximum absolute atomic E-state index is 14.1. The molecule has 1 saturated heterocycles. The first kappa shape index (κ1) is 50.6. The van der Waals surface area contributed by atoms with E-state index < -0.39 is 42.2 Å². The smallest absolute Gasteiger partial charge is 0.325 e. The normalized spacial score (nSPS) is 19.6. The number of allylic oxidation sites excluding steroid dienone is 5. The number of rotatable bonds is 24. The predicted molar refractivity (Wildman–Crippen MR) is 238 cm³/mol. The number of esters is 1. The first-order valence-corrected chi connectivity index (χ1v) is 22.1.